The van der Waals surface area contributed by atoms with E-state index in [2.05, 4.69) is 10.3 Å². The van der Waals surface area contributed by atoms with Crippen molar-refractivity contribution in [1.82, 2.24) is 5.48 Å². The number of carbonyl (C=O) groups is 1. The molecule has 0 saturated carbocycles. The smallest absolute Gasteiger partial charge is 0.390 e. The highest BCUT2D eigenvalue weighted by Crippen LogP contribution is 2.30. The first kappa shape index (κ1) is 20.2. The van der Waals surface area contributed by atoms with E-state index in [-0.39, 0.29) is 12.8 Å². The first-order valence-corrected chi connectivity index (χ1v) is 8.73. The molecule has 0 amide bonds. The Labute approximate surface area is 137 Å². The monoisotopic (exact) mass is 370 g/mol. The van der Waals surface area contributed by atoms with Crippen molar-refractivity contribution in [2.24, 2.45) is 5.92 Å². The van der Waals surface area contributed by atoms with E-state index in [9.17, 15) is 26.4 Å². The highest BCUT2D eigenvalue weighted by molar-refractivity contribution is 7.92. The van der Waals surface area contributed by atoms with Crippen LogP contribution in [0.3, 0.4) is 0 Å². The van der Waals surface area contributed by atoms with Crippen molar-refractivity contribution >= 4 is 15.8 Å². The first-order chi connectivity index (χ1) is 11.0. The molecule has 2 unspecified atom stereocenters. The third-order valence-electron chi connectivity index (χ3n) is 3.46. The summed E-state index contributed by atoms with van der Waals surface area (Å²) in [6.07, 6.45) is -3.79. The number of rotatable bonds is 8. The predicted molar refractivity (Wildman–Crippen MR) is 76.0 cm³/mol. The third-order valence-corrected chi connectivity index (χ3v) is 5.50. The van der Waals surface area contributed by atoms with Gasteiger partial charge in [-0.25, -0.2) is 13.2 Å². The molecule has 0 fully saturated rings. The van der Waals surface area contributed by atoms with Crippen molar-refractivity contribution in [1.29, 1.82) is 5.26 Å². The lowest BCUT2D eigenvalue weighted by Gasteiger charge is -2.25. The minimum atomic E-state index is -4.60. The molecule has 24 heavy (non-hydrogen) atoms. The van der Waals surface area contributed by atoms with Crippen molar-refractivity contribution in [2.75, 3.05) is 12.4 Å². The van der Waals surface area contributed by atoms with Crippen LogP contribution in [0.15, 0.2) is 11.8 Å². The fourth-order valence-electron chi connectivity index (χ4n) is 2.28. The zero-order chi connectivity index (χ0) is 18.4. The summed E-state index contributed by atoms with van der Waals surface area (Å²) < 4.78 is 60.6. The van der Waals surface area contributed by atoms with Gasteiger partial charge in [-0.1, -0.05) is 6.08 Å². The molecule has 0 aromatic heterocycles. The van der Waals surface area contributed by atoms with Crippen molar-refractivity contribution in [3.8, 4) is 6.07 Å². The number of carboxylic acid groups (broad SMARTS) is 1. The van der Waals surface area contributed by atoms with Crippen LogP contribution in [0.5, 0.6) is 0 Å². The molecule has 0 aliphatic heterocycles. The maximum atomic E-state index is 12.2. The molecular formula is C13H17F3N2O5S. The van der Waals surface area contributed by atoms with Crippen LogP contribution < -0.4 is 5.48 Å². The fourth-order valence-corrected chi connectivity index (χ4v) is 4.04. The van der Waals surface area contributed by atoms with Crippen LogP contribution in [-0.4, -0.2) is 43.3 Å². The van der Waals surface area contributed by atoms with Crippen molar-refractivity contribution < 1.29 is 36.3 Å². The lowest BCUT2D eigenvalue weighted by molar-refractivity contribution is -0.144. The highest BCUT2D eigenvalue weighted by Gasteiger charge is 2.37. The molecular weight excluding hydrogens is 353 g/mol. The number of alkyl halides is 3. The van der Waals surface area contributed by atoms with E-state index >= 15 is 0 Å². The summed E-state index contributed by atoms with van der Waals surface area (Å²) in [4.78, 5) is 15.0. The Morgan fingerprint density at radius 2 is 2.21 bits per heavy atom. The van der Waals surface area contributed by atoms with Gasteiger partial charge in [-0.2, -0.15) is 18.4 Å². The number of halogens is 3. The molecule has 0 bridgehead atoms. The van der Waals surface area contributed by atoms with E-state index in [0.717, 1.165) is 0 Å². The fraction of sp³-hybridized carbons (Fsp3) is 0.692. The van der Waals surface area contributed by atoms with Gasteiger partial charge in [-0.3, -0.25) is 10.3 Å². The number of sulfone groups is 1. The molecule has 1 aliphatic carbocycles. The Bertz CT molecular complexity index is 624. The zero-order valence-corrected chi connectivity index (χ0v) is 13.4. The van der Waals surface area contributed by atoms with Gasteiger partial charge in [0, 0.05) is 5.70 Å². The van der Waals surface area contributed by atoms with Gasteiger partial charge < -0.3 is 5.11 Å². The number of hydrogen-bond donors (Lipinski definition) is 2. The summed E-state index contributed by atoms with van der Waals surface area (Å²) in [5.74, 6) is -2.89. The van der Waals surface area contributed by atoms with Crippen molar-refractivity contribution in [2.45, 2.75) is 37.1 Å². The van der Waals surface area contributed by atoms with E-state index in [1.807, 2.05) is 0 Å². The van der Waals surface area contributed by atoms with Crippen molar-refractivity contribution in [3.05, 3.63) is 11.8 Å². The number of aliphatic carboxylic acids is 1. The van der Waals surface area contributed by atoms with Gasteiger partial charge in [0.25, 0.3) is 0 Å². The Morgan fingerprint density at radius 1 is 1.54 bits per heavy atom. The van der Waals surface area contributed by atoms with Crippen LogP contribution in [0.1, 0.15) is 25.7 Å². The van der Waals surface area contributed by atoms with E-state index in [1.165, 1.54) is 0 Å². The Balaban J connectivity index is 2.63. The number of allylic oxidation sites excluding steroid dienone is 2. The average molecular weight is 370 g/mol. The van der Waals surface area contributed by atoms with Crippen LogP contribution in [0, 0.1) is 17.2 Å². The second kappa shape index (κ2) is 8.34. The second-order valence-corrected chi connectivity index (χ2v) is 7.57. The summed E-state index contributed by atoms with van der Waals surface area (Å²) in [7, 11) is -4.19. The summed E-state index contributed by atoms with van der Waals surface area (Å²) in [6, 6.07) is 1.61. The molecule has 7 nitrogen and oxygen atoms in total. The molecule has 0 radical (unpaired) electrons. The summed E-state index contributed by atoms with van der Waals surface area (Å²) in [6.45, 7) is -0.562. The van der Waals surface area contributed by atoms with Crippen LogP contribution in [0.25, 0.3) is 0 Å². The quantitative estimate of drug-likeness (QED) is 0.622. The zero-order valence-electron chi connectivity index (χ0n) is 12.5. The van der Waals surface area contributed by atoms with E-state index in [4.69, 9.17) is 10.4 Å². The van der Waals surface area contributed by atoms with Gasteiger partial charge in [0.15, 0.2) is 21.7 Å². The molecule has 0 spiro atoms. The van der Waals surface area contributed by atoms with Crippen LogP contribution in [0.2, 0.25) is 0 Å². The summed E-state index contributed by atoms with van der Waals surface area (Å²) >= 11 is 0. The Kier molecular flexibility index (Phi) is 7.04. The van der Waals surface area contributed by atoms with Gasteiger partial charge in [0.05, 0.1) is 18.2 Å². The van der Waals surface area contributed by atoms with Gasteiger partial charge in [0.2, 0.25) is 0 Å². The molecule has 0 aromatic rings. The van der Waals surface area contributed by atoms with Gasteiger partial charge in [0.1, 0.15) is 0 Å². The molecule has 1 rings (SSSR count). The molecule has 0 saturated heterocycles. The molecule has 2 atom stereocenters. The lowest BCUT2D eigenvalue weighted by Crippen LogP contribution is -2.34. The van der Waals surface area contributed by atoms with Gasteiger partial charge in [-0.05, 0) is 25.2 Å². The Hall–Kier alpha value is -1.80. The molecule has 0 heterocycles. The largest absolute Gasteiger partial charge is 0.479 e. The maximum absolute atomic E-state index is 12.2. The lowest BCUT2D eigenvalue weighted by atomic mass is 9.90. The SMILES string of the molecule is N#CC(C1CC=C(NOCC(=O)O)CC1)S(=O)(=O)CCC(F)(F)F. The standard InChI is InChI=1S/C13H17F3N2O5S/c14-13(15,16)5-6-24(21,22)11(7-17)9-1-3-10(4-2-9)18-23-8-12(19)20/h3,9,11,18H,1-2,4-6,8H2,(H,19,20). The van der Waals surface area contributed by atoms with E-state index in [0.29, 0.717) is 12.1 Å². The molecule has 2 N–H and O–H groups in total. The highest BCUT2D eigenvalue weighted by atomic mass is 32.2. The van der Waals surface area contributed by atoms with Crippen LogP contribution in [-0.2, 0) is 19.5 Å². The number of hydrogen-bond acceptors (Lipinski definition) is 6. The summed E-state index contributed by atoms with van der Waals surface area (Å²) in [5.41, 5.74) is 2.95. The third kappa shape index (κ3) is 6.76. The second-order valence-electron chi connectivity index (χ2n) is 5.33. The topological polar surface area (TPSA) is 116 Å². The first-order valence-electron chi connectivity index (χ1n) is 7.01. The molecule has 0 aromatic carbocycles. The minimum absolute atomic E-state index is 0.169. The van der Waals surface area contributed by atoms with Crippen LogP contribution >= 0.6 is 0 Å². The van der Waals surface area contributed by atoms with Crippen molar-refractivity contribution in [3.63, 3.8) is 0 Å². The number of nitrogens with one attached hydrogen (secondary N) is 1. The van der Waals surface area contributed by atoms with Crippen LogP contribution in [0.4, 0.5) is 13.2 Å². The number of nitriles is 1. The molecule has 1 aliphatic rings. The predicted octanol–water partition coefficient (Wildman–Crippen LogP) is 1.54. The van der Waals surface area contributed by atoms with E-state index < -0.39 is 51.9 Å². The number of nitrogens with zero attached hydrogens (tertiary/aromatic N) is 1. The minimum Gasteiger partial charge on any atom is -0.479 e. The van der Waals surface area contributed by atoms with Gasteiger partial charge >= 0.3 is 12.1 Å². The number of carboxylic acids is 1. The number of hydroxylamine groups is 1. The molecule has 136 valence electrons. The van der Waals surface area contributed by atoms with Gasteiger partial charge in [-0.15, -0.1) is 0 Å². The Morgan fingerprint density at radius 3 is 2.67 bits per heavy atom. The normalized spacial score (nSPS) is 19.9. The maximum Gasteiger partial charge on any atom is 0.390 e. The van der Waals surface area contributed by atoms with E-state index in [1.54, 1.807) is 12.1 Å². The average Bonchev–Trinajstić information content (AvgIpc) is 2.46. The summed E-state index contributed by atoms with van der Waals surface area (Å²) in [5, 5.41) is 16.0. The molecule has 11 heteroatoms.